The number of nitrogens with zero attached hydrogens (tertiary/aromatic N) is 2. The van der Waals surface area contributed by atoms with Gasteiger partial charge in [0.1, 0.15) is 5.75 Å². The van der Waals surface area contributed by atoms with Crippen molar-refractivity contribution >= 4 is 45.1 Å². The molecule has 0 radical (unpaired) electrons. The maximum Gasteiger partial charge on any atom is 0.276 e. The second-order valence-electron chi connectivity index (χ2n) is 6.86. The smallest absolute Gasteiger partial charge is 0.276 e. The number of nitriles is 1. The standard InChI is InChI=1S/C24H18N4O3S2/c25-13-16-7-11-19(12-8-16)31-14-22(29)27-28-23(30)18-9-5-17(6-10-18)15-32-24-26-20-3-1-2-4-21(20)33-24/h1-12H,14-15H2,(H,27,29)(H,28,30). The summed E-state index contributed by atoms with van der Waals surface area (Å²) >= 11 is 3.32. The van der Waals surface area contributed by atoms with Crippen LogP contribution in [0.25, 0.3) is 10.2 Å². The first kappa shape index (κ1) is 22.3. The average Bonchev–Trinajstić information content (AvgIpc) is 3.28. The van der Waals surface area contributed by atoms with Crippen LogP contribution in [0, 0.1) is 11.3 Å². The predicted molar refractivity (Wildman–Crippen MR) is 128 cm³/mol. The van der Waals surface area contributed by atoms with E-state index in [2.05, 4.69) is 21.9 Å². The molecule has 2 N–H and O–H groups in total. The third-order valence-electron chi connectivity index (χ3n) is 4.52. The molecule has 0 aliphatic carbocycles. The molecule has 4 rings (SSSR count). The minimum absolute atomic E-state index is 0.270. The number of para-hydroxylation sites is 1. The maximum atomic E-state index is 12.3. The lowest BCUT2D eigenvalue weighted by Crippen LogP contribution is -2.43. The fourth-order valence-electron chi connectivity index (χ4n) is 2.82. The number of hydrazine groups is 1. The van der Waals surface area contributed by atoms with Gasteiger partial charge in [0.15, 0.2) is 10.9 Å². The first-order chi connectivity index (χ1) is 16.1. The molecule has 0 fully saturated rings. The fraction of sp³-hybridized carbons (Fsp3) is 0.0833. The van der Waals surface area contributed by atoms with Crippen molar-refractivity contribution in [2.45, 2.75) is 10.1 Å². The molecule has 1 aromatic heterocycles. The van der Waals surface area contributed by atoms with Crippen LogP contribution in [0.4, 0.5) is 0 Å². The summed E-state index contributed by atoms with van der Waals surface area (Å²) < 4.78 is 7.49. The number of aromatic nitrogens is 1. The van der Waals surface area contributed by atoms with Crippen LogP contribution in [-0.2, 0) is 10.5 Å². The highest BCUT2D eigenvalue weighted by Gasteiger charge is 2.09. The van der Waals surface area contributed by atoms with E-state index in [0.29, 0.717) is 16.9 Å². The third kappa shape index (κ3) is 6.10. The van der Waals surface area contributed by atoms with E-state index in [1.807, 2.05) is 36.4 Å². The van der Waals surface area contributed by atoms with Crippen LogP contribution < -0.4 is 15.6 Å². The summed E-state index contributed by atoms with van der Waals surface area (Å²) in [6.07, 6.45) is 0. The topological polar surface area (TPSA) is 104 Å². The van der Waals surface area contributed by atoms with Gasteiger partial charge >= 0.3 is 0 Å². The molecule has 7 nitrogen and oxygen atoms in total. The summed E-state index contributed by atoms with van der Waals surface area (Å²) in [6, 6.07) is 23.6. The third-order valence-corrected chi connectivity index (χ3v) is 6.77. The Morgan fingerprint density at radius 2 is 1.76 bits per heavy atom. The van der Waals surface area contributed by atoms with E-state index in [0.717, 1.165) is 25.9 Å². The minimum atomic E-state index is -0.503. The molecule has 1 heterocycles. The lowest BCUT2D eigenvalue weighted by atomic mass is 10.1. The Morgan fingerprint density at radius 1 is 1.00 bits per heavy atom. The van der Waals surface area contributed by atoms with Gasteiger partial charge in [-0.25, -0.2) is 4.98 Å². The Bertz CT molecular complexity index is 1280. The van der Waals surface area contributed by atoms with Gasteiger partial charge in [0.2, 0.25) is 0 Å². The molecule has 9 heteroatoms. The van der Waals surface area contributed by atoms with Gasteiger partial charge in [-0.3, -0.25) is 20.4 Å². The number of nitrogens with one attached hydrogen (secondary N) is 2. The maximum absolute atomic E-state index is 12.3. The number of rotatable bonds is 7. The monoisotopic (exact) mass is 474 g/mol. The van der Waals surface area contributed by atoms with Crippen molar-refractivity contribution in [3.05, 3.63) is 89.5 Å². The van der Waals surface area contributed by atoms with Gasteiger partial charge < -0.3 is 4.74 Å². The number of hydrogen-bond acceptors (Lipinski definition) is 7. The number of amides is 2. The van der Waals surface area contributed by atoms with Crippen LogP contribution in [0.3, 0.4) is 0 Å². The van der Waals surface area contributed by atoms with Crippen molar-refractivity contribution in [3.63, 3.8) is 0 Å². The fourth-order valence-corrected chi connectivity index (χ4v) is 4.84. The molecule has 0 aliphatic rings. The van der Waals surface area contributed by atoms with E-state index in [1.54, 1.807) is 59.5 Å². The van der Waals surface area contributed by atoms with Crippen molar-refractivity contribution in [3.8, 4) is 11.8 Å². The molecule has 0 saturated carbocycles. The Morgan fingerprint density at radius 3 is 2.48 bits per heavy atom. The molecular formula is C24H18N4O3S2. The van der Waals surface area contributed by atoms with Gasteiger partial charge in [-0.05, 0) is 54.1 Å². The largest absolute Gasteiger partial charge is 0.484 e. The second kappa shape index (κ2) is 10.6. The molecule has 0 bridgehead atoms. The van der Waals surface area contributed by atoms with Gasteiger partial charge in [-0.15, -0.1) is 11.3 Å². The highest BCUT2D eigenvalue weighted by Crippen LogP contribution is 2.31. The number of thioether (sulfide) groups is 1. The molecule has 0 unspecified atom stereocenters. The van der Waals surface area contributed by atoms with E-state index >= 15 is 0 Å². The summed E-state index contributed by atoms with van der Waals surface area (Å²) in [6.45, 7) is -0.270. The normalized spacial score (nSPS) is 10.4. The van der Waals surface area contributed by atoms with Crippen molar-refractivity contribution in [2.75, 3.05) is 6.61 Å². The van der Waals surface area contributed by atoms with Crippen LogP contribution in [-0.4, -0.2) is 23.4 Å². The van der Waals surface area contributed by atoms with Gasteiger partial charge in [0.25, 0.3) is 11.8 Å². The molecule has 3 aromatic carbocycles. The van der Waals surface area contributed by atoms with E-state index < -0.39 is 11.8 Å². The molecule has 4 aromatic rings. The number of ether oxygens (including phenoxy) is 1. The van der Waals surface area contributed by atoms with Crippen molar-refractivity contribution < 1.29 is 14.3 Å². The van der Waals surface area contributed by atoms with E-state index in [1.165, 1.54) is 0 Å². The molecule has 0 saturated heterocycles. The average molecular weight is 475 g/mol. The van der Waals surface area contributed by atoms with Gasteiger partial charge in [0.05, 0.1) is 21.8 Å². The summed E-state index contributed by atoms with van der Waals surface area (Å²) in [4.78, 5) is 28.8. The summed E-state index contributed by atoms with van der Waals surface area (Å²) in [5.74, 6) is 0.268. The van der Waals surface area contributed by atoms with Crippen molar-refractivity contribution in [1.29, 1.82) is 5.26 Å². The van der Waals surface area contributed by atoms with Crippen LogP contribution >= 0.6 is 23.1 Å². The Balaban J connectivity index is 1.22. The van der Waals surface area contributed by atoms with E-state index in [-0.39, 0.29) is 6.61 Å². The molecule has 0 aliphatic heterocycles. The van der Waals surface area contributed by atoms with Crippen LogP contribution in [0.5, 0.6) is 5.75 Å². The molecule has 0 atom stereocenters. The van der Waals surface area contributed by atoms with Gasteiger partial charge in [-0.1, -0.05) is 36.0 Å². The number of carbonyl (C=O) groups is 2. The Hall–Kier alpha value is -3.87. The van der Waals surface area contributed by atoms with Gasteiger partial charge in [-0.2, -0.15) is 5.26 Å². The zero-order valence-corrected chi connectivity index (χ0v) is 18.9. The quantitative estimate of drug-likeness (QED) is 0.306. The number of thiazole rings is 1. The Kier molecular flexibility index (Phi) is 7.19. The van der Waals surface area contributed by atoms with Crippen LogP contribution in [0.1, 0.15) is 21.5 Å². The number of benzene rings is 3. The second-order valence-corrected chi connectivity index (χ2v) is 9.11. The molecule has 2 amide bonds. The highest BCUT2D eigenvalue weighted by atomic mass is 32.2. The first-order valence-electron chi connectivity index (χ1n) is 9.90. The van der Waals surface area contributed by atoms with Crippen molar-refractivity contribution in [2.24, 2.45) is 0 Å². The molecule has 33 heavy (non-hydrogen) atoms. The number of fused-ring (bicyclic) bond motifs is 1. The number of carbonyl (C=O) groups excluding carboxylic acids is 2. The van der Waals surface area contributed by atoms with E-state index in [9.17, 15) is 9.59 Å². The molecular weight excluding hydrogens is 456 g/mol. The number of hydrogen-bond donors (Lipinski definition) is 2. The van der Waals surface area contributed by atoms with Gasteiger partial charge in [0, 0.05) is 11.3 Å². The SMILES string of the molecule is N#Cc1ccc(OCC(=O)NNC(=O)c2ccc(CSc3nc4ccccc4s3)cc2)cc1. The Labute approximate surface area is 198 Å². The predicted octanol–water partition coefficient (Wildman–Crippen LogP) is 4.30. The minimum Gasteiger partial charge on any atom is -0.484 e. The molecule has 164 valence electrons. The molecule has 0 spiro atoms. The lowest BCUT2D eigenvalue weighted by Gasteiger charge is -2.09. The zero-order chi connectivity index (χ0) is 23.0. The van der Waals surface area contributed by atoms with Crippen molar-refractivity contribution in [1.82, 2.24) is 15.8 Å². The lowest BCUT2D eigenvalue weighted by molar-refractivity contribution is -0.123. The highest BCUT2D eigenvalue weighted by molar-refractivity contribution is 8.00. The first-order valence-corrected chi connectivity index (χ1v) is 11.7. The zero-order valence-electron chi connectivity index (χ0n) is 17.3. The van der Waals surface area contributed by atoms with Crippen LogP contribution in [0.2, 0.25) is 0 Å². The van der Waals surface area contributed by atoms with Crippen LogP contribution in [0.15, 0.2) is 77.1 Å². The summed E-state index contributed by atoms with van der Waals surface area (Å²) in [7, 11) is 0. The van der Waals surface area contributed by atoms with E-state index in [4.69, 9.17) is 10.00 Å². The summed E-state index contributed by atoms with van der Waals surface area (Å²) in [5, 5.41) is 8.78. The summed E-state index contributed by atoms with van der Waals surface area (Å²) in [5.41, 5.74) is 7.69.